The highest BCUT2D eigenvalue weighted by Gasteiger charge is 2.13. The minimum Gasteiger partial charge on any atom is -0.372 e. The fraction of sp³-hybridized carbons (Fsp3) is 0.333. The van der Waals surface area contributed by atoms with Gasteiger partial charge in [-0.3, -0.25) is 0 Å². The van der Waals surface area contributed by atoms with E-state index < -0.39 is 0 Å². The molecule has 3 aromatic rings. The molecule has 23 heavy (non-hydrogen) atoms. The maximum absolute atomic E-state index is 6.41. The van der Waals surface area contributed by atoms with Crippen molar-refractivity contribution < 1.29 is 0 Å². The zero-order chi connectivity index (χ0) is 15.8. The molecule has 0 atom stereocenters. The summed E-state index contributed by atoms with van der Waals surface area (Å²) in [5, 5.41) is 0.645. The maximum atomic E-state index is 6.41. The lowest BCUT2D eigenvalue weighted by molar-refractivity contribution is 0.578. The number of fused-ring (bicyclic) bond motifs is 1. The number of aromatic amines is 1. The van der Waals surface area contributed by atoms with Crippen molar-refractivity contribution in [1.29, 1.82) is 0 Å². The van der Waals surface area contributed by atoms with Crippen molar-refractivity contribution >= 4 is 28.5 Å². The Kier molecular flexibility index (Phi) is 3.69. The van der Waals surface area contributed by atoms with Crippen molar-refractivity contribution in [2.45, 2.75) is 26.2 Å². The Morgan fingerprint density at radius 1 is 1.04 bits per heavy atom. The summed E-state index contributed by atoms with van der Waals surface area (Å²) in [4.78, 5) is 14.6. The first kappa shape index (κ1) is 14.5. The van der Waals surface area contributed by atoms with Gasteiger partial charge < -0.3 is 9.88 Å². The summed E-state index contributed by atoms with van der Waals surface area (Å²) in [5.74, 6) is 0.848. The van der Waals surface area contributed by atoms with Gasteiger partial charge in [0.15, 0.2) is 5.65 Å². The molecule has 2 aromatic heterocycles. The Morgan fingerprint density at radius 3 is 2.52 bits per heavy atom. The zero-order valence-electron chi connectivity index (χ0n) is 13.1. The van der Waals surface area contributed by atoms with Crippen LogP contribution in [0.2, 0.25) is 5.02 Å². The van der Waals surface area contributed by atoms with E-state index >= 15 is 0 Å². The molecule has 1 aliphatic rings. The van der Waals surface area contributed by atoms with Gasteiger partial charge in [-0.25, -0.2) is 9.97 Å². The molecule has 5 heteroatoms. The molecule has 1 fully saturated rings. The predicted molar refractivity (Wildman–Crippen MR) is 95.1 cm³/mol. The molecule has 0 aliphatic carbocycles. The molecule has 0 bridgehead atoms. The van der Waals surface area contributed by atoms with Crippen LogP contribution in [0, 0.1) is 6.92 Å². The van der Waals surface area contributed by atoms with E-state index in [-0.39, 0.29) is 0 Å². The number of halogens is 1. The molecule has 0 spiro atoms. The normalized spacial score (nSPS) is 15.3. The first-order chi connectivity index (χ1) is 11.2. The highest BCUT2D eigenvalue weighted by atomic mass is 35.5. The summed E-state index contributed by atoms with van der Waals surface area (Å²) in [5.41, 5.74) is 4.68. The van der Waals surface area contributed by atoms with Gasteiger partial charge >= 0.3 is 0 Å². The summed E-state index contributed by atoms with van der Waals surface area (Å²) in [6, 6.07) is 10.4. The zero-order valence-corrected chi connectivity index (χ0v) is 13.9. The van der Waals surface area contributed by atoms with E-state index in [4.69, 9.17) is 11.6 Å². The fourth-order valence-electron chi connectivity index (χ4n) is 3.22. The SMILES string of the molecule is Cc1nc2nc(-c3ccc(N4CCCCC4)cc3)c(Cl)cc2[nH]1. The number of hydrogen-bond acceptors (Lipinski definition) is 3. The lowest BCUT2D eigenvalue weighted by atomic mass is 10.1. The number of imidazole rings is 1. The molecule has 1 aliphatic heterocycles. The Balaban J connectivity index is 1.68. The molecule has 0 saturated carbocycles. The van der Waals surface area contributed by atoms with Crippen LogP contribution < -0.4 is 4.90 Å². The smallest absolute Gasteiger partial charge is 0.178 e. The van der Waals surface area contributed by atoms with Gasteiger partial charge in [-0.1, -0.05) is 23.7 Å². The van der Waals surface area contributed by atoms with E-state index in [9.17, 15) is 0 Å². The van der Waals surface area contributed by atoms with Crippen molar-refractivity contribution in [3.05, 3.63) is 41.2 Å². The number of rotatable bonds is 2. The molecule has 1 aromatic carbocycles. The number of aromatic nitrogens is 3. The molecular weight excluding hydrogens is 308 g/mol. The summed E-state index contributed by atoms with van der Waals surface area (Å²) >= 11 is 6.41. The second-order valence-corrected chi connectivity index (χ2v) is 6.51. The van der Waals surface area contributed by atoms with Crippen LogP contribution in [0.15, 0.2) is 30.3 Å². The van der Waals surface area contributed by atoms with Gasteiger partial charge in [-0.05, 0) is 44.4 Å². The standard InChI is InChI=1S/C18H19ClN4/c1-12-20-16-11-15(19)17(22-18(16)21-12)13-5-7-14(8-6-13)23-9-3-2-4-10-23/h5-8,11H,2-4,9-10H2,1H3,(H,20,21,22). The molecule has 0 unspecified atom stereocenters. The highest BCUT2D eigenvalue weighted by molar-refractivity contribution is 6.33. The lowest BCUT2D eigenvalue weighted by Gasteiger charge is -2.28. The van der Waals surface area contributed by atoms with Crippen molar-refractivity contribution in [3.63, 3.8) is 0 Å². The van der Waals surface area contributed by atoms with Gasteiger partial charge in [0.25, 0.3) is 0 Å². The topological polar surface area (TPSA) is 44.8 Å². The average molecular weight is 327 g/mol. The Bertz CT molecular complexity index is 832. The number of benzene rings is 1. The fourth-order valence-corrected chi connectivity index (χ4v) is 3.48. The quantitative estimate of drug-likeness (QED) is 0.750. The number of anilines is 1. The van der Waals surface area contributed by atoms with Crippen LogP contribution in [0.3, 0.4) is 0 Å². The molecule has 118 valence electrons. The van der Waals surface area contributed by atoms with Crippen molar-refractivity contribution in [1.82, 2.24) is 15.0 Å². The van der Waals surface area contributed by atoms with Gasteiger partial charge in [-0.2, -0.15) is 0 Å². The molecular formula is C18H19ClN4. The number of nitrogens with one attached hydrogen (secondary N) is 1. The Hall–Kier alpha value is -2.07. The third-order valence-corrected chi connectivity index (χ3v) is 4.70. The Morgan fingerprint density at radius 2 is 1.78 bits per heavy atom. The highest BCUT2D eigenvalue weighted by Crippen LogP contribution is 2.30. The maximum Gasteiger partial charge on any atom is 0.178 e. The molecule has 4 nitrogen and oxygen atoms in total. The van der Waals surface area contributed by atoms with Crippen LogP contribution in [0.25, 0.3) is 22.4 Å². The number of piperidine rings is 1. The number of H-pyrrole nitrogens is 1. The van der Waals surface area contributed by atoms with Gasteiger partial charge in [0.1, 0.15) is 5.82 Å². The summed E-state index contributed by atoms with van der Waals surface area (Å²) in [6.07, 6.45) is 3.91. The largest absolute Gasteiger partial charge is 0.372 e. The minimum absolute atomic E-state index is 0.645. The molecule has 3 heterocycles. The molecule has 4 rings (SSSR count). The van der Waals surface area contributed by atoms with Gasteiger partial charge in [0.05, 0.1) is 16.2 Å². The van der Waals surface area contributed by atoms with Crippen LogP contribution in [-0.4, -0.2) is 28.0 Å². The summed E-state index contributed by atoms with van der Waals surface area (Å²) < 4.78 is 0. The first-order valence-electron chi connectivity index (χ1n) is 8.09. The van der Waals surface area contributed by atoms with Gasteiger partial charge in [0, 0.05) is 24.3 Å². The third kappa shape index (κ3) is 2.79. The lowest BCUT2D eigenvalue weighted by Crippen LogP contribution is -2.29. The van der Waals surface area contributed by atoms with E-state index in [1.807, 2.05) is 13.0 Å². The second kappa shape index (κ2) is 5.85. The van der Waals surface area contributed by atoms with Crippen LogP contribution >= 0.6 is 11.6 Å². The van der Waals surface area contributed by atoms with Crippen LogP contribution in [0.4, 0.5) is 5.69 Å². The van der Waals surface area contributed by atoms with Crippen LogP contribution in [-0.2, 0) is 0 Å². The van der Waals surface area contributed by atoms with Crippen molar-refractivity contribution in [2.24, 2.45) is 0 Å². The number of hydrogen-bond donors (Lipinski definition) is 1. The molecule has 0 radical (unpaired) electrons. The molecule has 1 saturated heterocycles. The van der Waals surface area contributed by atoms with E-state index in [1.54, 1.807) is 0 Å². The van der Waals surface area contributed by atoms with Crippen LogP contribution in [0.1, 0.15) is 25.1 Å². The number of nitrogens with zero attached hydrogens (tertiary/aromatic N) is 3. The van der Waals surface area contributed by atoms with E-state index in [0.717, 1.165) is 35.7 Å². The number of pyridine rings is 1. The van der Waals surface area contributed by atoms with Crippen LogP contribution in [0.5, 0.6) is 0 Å². The minimum atomic E-state index is 0.645. The van der Waals surface area contributed by atoms with Crippen molar-refractivity contribution in [3.8, 4) is 11.3 Å². The van der Waals surface area contributed by atoms with Crippen molar-refractivity contribution in [2.75, 3.05) is 18.0 Å². The van der Waals surface area contributed by atoms with E-state index in [1.165, 1.54) is 24.9 Å². The average Bonchev–Trinajstić information content (AvgIpc) is 2.94. The first-order valence-corrected chi connectivity index (χ1v) is 8.47. The van der Waals surface area contributed by atoms with Gasteiger partial charge in [-0.15, -0.1) is 0 Å². The third-order valence-electron chi connectivity index (χ3n) is 4.41. The second-order valence-electron chi connectivity index (χ2n) is 6.11. The monoisotopic (exact) mass is 326 g/mol. The molecule has 1 N–H and O–H groups in total. The summed E-state index contributed by atoms with van der Waals surface area (Å²) in [6.45, 7) is 4.22. The van der Waals surface area contributed by atoms with Gasteiger partial charge in [0.2, 0.25) is 0 Å². The van der Waals surface area contributed by atoms with E-state index in [2.05, 4.69) is 44.1 Å². The Labute approximate surface area is 140 Å². The molecule has 0 amide bonds. The number of aryl methyl sites for hydroxylation is 1. The van der Waals surface area contributed by atoms with E-state index in [0.29, 0.717) is 10.7 Å². The predicted octanol–water partition coefficient (Wildman–Crippen LogP) is 4.58. The summed E-state index contributed by atoms with van der Waals surface area (Å²) in [7, 11) is 0.